The molecule has 2 aromatic rings. The highest BCUT2D eigenvalue weighted by atomic mass is 16.6. The summed E-state index contributed by atoms with van der Waals surface area (Å²) in [6.45, 7) is 0. The molecule has 0 radical (unpaired) electrons. The van der Waals surface area contributed by atoms with Gasteiger partial charge in [0.1, 0.15) is 0 Å². The van der Waals surface area contributed by atoms with Gasteiger partial charge in [-0.2, -0.15) is 5.21 Å². The molecule has 2 aromatic carbocycles. The van der Waals surface area contributed by atoms with Gasteiger partial charge >= 0.3 is 23.6 Å². The predicted molar refractivity (Wildman–Crippen MR) is 76.6 cm³/mol. The first-order valence-electron chi connectivity index (χ1n) is 7.04. The Morgan fingerprint density at radius 1 is 0.583 bits per heavy atom. The number of carbonyl (C=O) groups excluding carboxylic acids is 4. The molecule has 0 atom stereocenters. The maximum atomic E-state index is 12.4. The molecule has 0 aliphatic carbocycles. The Kier molecular flexibility index (Phi) is 2.86. The van der Waals surface area contributed by atoms with Gasteiger partial charge in [-0.05, 0) is 24.3 Å². The summed E-state index contributed by atoms with van der Waals surface area (Å²) in [5, 5.41) is 10.2. The summed E-state index contributed by atoms with van der Waals surface area (Å²) in [5.74, 6) is -3.15. The first-order valence-corrected chi connectivity index (χ1v) is 7.04. The predicted octanol–water partition coefficient (Wildman–Crippen LogP) is -0.317. The molecular formula is C16H10N3O5+. The van der Waals surface area contributed by atoms with Gasteiger partial charge in [0.25, 0.3) is 0 Å². The molecule has 0 aromatic heterocycles. The van der Waals surface area contributed by atoms with Crippen LogP contribution in [0.3, 0.4) is 0 Å². The zero-order valence-electron chi connectivity index (χ0n) is 12.1. The van der Waals surface area contributed by atoms with Crippen molar-refractivity contribution >= 4 is 23.6 Å². The van der Waals surface area contributed by atoms with E-state index in [2.05, 4.69) is 0 Å². The normalized spacial score (nSPS) is 16.2. The van der Waals surface area contributed by atoms with Crippen LogP contribution in [0.1, 0.15) is 41.4 Å². The number of nitrogens with zero attached hydrogens (tertiary/aromatic N) is 2. The third kappa shape index (κ3) is 1.69. The van der Waals surface area contributed by atoms with Crippen LogP contribution in [0, 0.1) is 0 Å². The monoisotopic (exact) mass is 324 g/mol. The van der Waals surface area contributed by atoms with E-state index in [4.69, 9.17) is 0 Å². The van der Waals surface area contributed by atoms with Crippen LogP contribution in [-0.2, 0) is 0 Å². The van der Waals surface area contributed by atoms with Crippen molar-refractivity contribution in [2.24, 2.45) is 0 Å². The number of benzene rings is 2. The number of hydrogen-bond donors (Lipinski definition) is 2. The Morgan fingerprint density at radius 2 is 0.833 bits per heavy atom. The molecule has 0 saturated carbocycles. The van der Waals surface area contributed by atoms with Crippen LogP contribution in [-0.4, -0.2) is 38.9 Å². The van der Waals surface area contributed by atoms with Gasteiger partial charge in [-0.1, -0.05) is 34.3 Å². The molecule has 8 nitrogen and oxygen atoms in total. The average Bonchev–Trinajstić information content (AvgIpc) is 3.00. The minimum atomic E-state index is -1.01. The van der Waals surface area contributed by atoms with Gasteiger partial charge in [-0.15, -0.1) is 0 Å². The number of quaternary nitrogens is 1. The molecule has 4 amide bonds. The van der Waals surface area contributed by atoms with Gasteiger partial charge in [-0.3, -0.25) is 19.2 Å². The van der Waals surface area contributed by atoms with E-state index in [1.54, 1.807) is 24.3 Å². The van der Waals surface area contributed by atoms with E-state index in [-0.39, 0.29) is 22.3 Å². The van der Waals surface area contributed by atoms with E-state index in [9.17, 15) is 24.4 Å². The third-order valence-electron chi connectivity index (χ3n) is 3.99. The molecule has 2 aliphatic heterocycles. The van der Waals surface area contributed by atoms with Gasteiger partial charge < -0.3 is 0 Å². The van der Waals surface area contributed by atoms with Crippen molar-refractivity contribution in [3.8, 4) is 0 Å². The fourth-order valence-electron chi connectivity index (χ4n) is 2.84. The molecule has 4 rings (SSSR count). The zero-order valence-corrected chi connectivity index (χ0v) is 12.1. The molecule has 0 spiro atoms. The standard InChI is InChI=1S/C16H9N3O5/c20-13-9-5-1-2-6-10(9)14(21)17(13)19(24)18-15(22)11-7-3-4-8-12(11)16(18)23/h1-8,24H/p+1. The van der Waals surface area contributed by atoms with Crippen molar-refractivity contribution in [1.29, 1.82) is 0 Å². The Morgan fingerprint density at radius 3 is 1.08 bits per heavy atom. The maximum absolute atomic E-state index is 12.4. The molecule has 0 bridgehead atoms. The van der Waals surface area contributed by atoms with Gasteiger partial charge in [0.05, 0.1) is 22.3 Å². The summed E-state index contributed by atoms with van der Waals surface area (Å²) in [4.78, 5) is 49.5. The van der Waals surface area contributed by atoms with Gasteiger partial charge in [0, 0.05) is 5.28 Å². The number of hydrogen-bond acceptors (Lipinski definition) is 5. The molecular weight excluding hydrogens is 314 g/mol. The lowest BCUT2D eigenvalue weighted by Crippen LogP contribution is -3.23. The highest BCUT2D eigenvalue weighted by Gasteiger charge is 2.51. The van der Waals surface area contributed by atoms with Crippen molar-refractivity contribution in [2.45, 2.75) is 0 Å². The first kappa shape index (κ1) is 14.2. The quantitative estimate of drug-likeness (QED) is 0.583. The van der Waals surface area contributed by atoms with Crippen LogP contribution < -0.4 is 5.28 Å². The van der Waals surface area contributed by atoms with E-state index < -0.39 is 28.9 Å². The van der Waals surface area contributed by atoms with Crippen LogP contribution in [0.25, 0.3) is 0 Å². The second kappa shape index (κ2) is 4.82. The lowest BCUT2D eigenvalue weighted by atomic mass is 10.1. The third-order valence-corrected chi connectivity index (χ3v) is 3.99. The largest absolute Gasteiger partial charge is 0.314 e. The van der Waals surface area contributed by atoms with E-state index in [1.807, 2.05) is 0 Å². The summed E-state index contributed by atoms with van der Waals surface area (Å²) in [6.07, 6.45) is 0. The first-order chi connectivity index (χ1) is 11.5. The van der Waals surface area contributed by atoms with Crippen molar-refractivity contribution in [3.05, 3.63) is 70.8 Å². The van der Waals surface area contributed by atoms with Crippen molar-refractivity contribution in [2.75, 3.05) is 0 Å². The molecule has 24 heavy (non-hydrogen) atoms. The molecule has 0 unspecified atom stereocenters. The molecule has 118 valence electrons. The second-order valence-corrected chi connectivity index (χ2v) is 5.28. The Balaban J connectivity index is 1.73. The average molecular weight is 324 g/mol. The second-order valence-electron chi connectivity index (χ2n) is 5.28. The van der Waals surface area contributed by atoms with Crippen molar-refractivity contribution < 1.29 is 29.7 Å². The number of rotatable bonds is 2. The van der Waals surface area contributed by atoms with Crippen LogP contribution in [0.5, 0.6) is 0 Å². The maximum Gasteiger partial charge on any atom is 0.314 e. The highest BCUT2D eigenvalue weighted by molar-refractivity contribution is 6.22. The van der Waals surface area contributed by atoms with Crippen molar-refractivity contribution in [3.63, 3.8) is 0 Å². The number of imide groups is 2. The molecule has 8 heteroatoms. The fraction of sp³-hybridized carbons (Fsp3) is 0. The number of carbonyl (C=O) groups is 4. The minimum Gasteiger partial charge on any atom is -0.263 e. The van der Waals surface area contributed by atoms with Gasteiger partial charge in [0.2, 0.25) is 0 Å². The van der Waals surface area contributed by atoms with Crippen molar-refractivity contribution in [1.82, 2.24) is 10.0 Å². The summed E-state index contributed by atoms with van der Waals surface area (Å²) >= 11 is 0. The van der Waals surface area contributed by atoms with E-state index in [0.717, 1.165) is 0 Å². The SMILES string of the molecule is O=C1c2ccccc2C(=O)N1[NH+](O)N1C(=O)c2ccccc2C1=O. The molecule has 2 heterocycles. The summed E-state index contributed by atoms with van der Waals surface area (Å²) in [7, 11) is 0. The Bertz CT molecular complexity index is 793. The van der Waals surface area contributed by atoms with Gasteiger partial charge in [0.15, 0.2) is 0 Å². The Hall–Kier alpha value is -3.36. The van der Waals surface area contributed by atoms with Crippen LogP contribution in [0.2, 0.25) is 0 Å². The minimum absolute atomic E-state index is 0.102. The molecule has 0 fully saturated rings. The fourth-order valence-corrected chi connectivity index (χ4v) is 2.84. The Labute approximate surface area is 135 Å². The number of amides is 4. The summed E-state index contributed by atoms with van der Waals surface area (Å²) in [6, 6.07) is 12.0. The van der Waals surface area contributed by atoms with E-state index in [0.29, 0.717) is 10.0 Å². The lowest BCUT2D eigenvalue weighted by molar-refractivity contribution is -1.22. The molecule has 2 N–H and O–H groups in total. The van der Waals surface area contributed by atoms with Crippen LogP contribution in [0.15, 0.2) is 48.5 Å². The smallest absolute Gasteiger partial charge is 0.263 e. The number of fused-ring (bicyclic) bond motifs is 2. The molecule has 2 aliphatic rings. The summed E-state index contributed by atoms with van der Waals surface area (Å²) in [5.41, 5.74) is 0.410. The zero-order chi connectivity index (χ0) is 17.0. The van der Waals surface area contributed by atoms with Gasteiger partial charge in [-0.25, -0.2) is 0 Å². The summed E-state index contributed by atoms with van der Waals surface area (Å²) < 4.78 is 0. The van der Waals surface area contributed by atoms with E-state index >= 15 is 0 Å². The topological polar surface area (TPSA) is 99.4 Å². The highest BCUT2D eigenvalue weighted by Crippen LogP contribution is 2.22. The number of nitrogens with one attached hydrogen (secondary N) is 1. The van der Waals surface area contributed by atoms with E-state index in [1.165, 1.54) is 24.3 Å². The molecule has 0 saturated heterocycles. The van der Waals surface area contributed by atoms with Crippen LogP contribution in [0.4, 0.5) is 0 Å². The van der Waals surface area contributed by atoms with Crippen LogP contribution >= 0.6 is 0 Å². The lowest BCUT2D eigenvalue weighted by Gasteiger charge is -2.23.